The van der Waals surface area contributed by atoms with Crippen molar-refractivity contribution < 1.29 is 24.5 Å². The van der Waals surface area contributed by atoms with Gasteiger partial charge in [0, 0.05) is 6.42 Å². The van der Waals surface area contributed by atoms with Crippen LogP contribution in [0.5, 0.6) is 0 Å². The summed E-state index contributed by atoms with van der Waals surface area (Å²) < 4.78 is 5.04. The Bertz CT molecular complexity index is 238. The number of rotatable bonds is 6. The highest BCUT2D eigenvalue weighted by Crippen LogP contribution is 2.11. The molecule has 0 radical (unpaired) electrons. The van der Waals surface area contributed by atoms with Crippen molar-refractivity contribution in [3.05, 3.63) is 11.3 Å². The molecule has 0 saturated carbocycles. The molecule has 0 aliphatic heterocycles. The fraction of sp³-hybridized carbons (Fsp3) is 0.556. The predicted molar refractivity (Wildman–Crippen MR) is 48.8 cm³/mol. The molecule has 80 valence electrons. The standard InChI is InChI=1S/C9H14O5/c1-3-5-14-6(4-2)7(8(10)11)9(12)13/h3-5H2,1-2H3,(H,10,11)(H,12,13). The topological polar surface area (TPSA) is 83.8 Å². The van der Waals surface area contributed by atoms with Crippen LogP contribution in [-0.2, 0) is 14.3 Å². The summed E-state index contributed by atoms with van der Waals surface area (Å²) in [6.45, 7) is 3.83. The maximum Gasteiger partial charge on any atom is 0.346 e. The van der Waals surface area contributed by atoms with Gasteiger partial charge in [0.1, 0.15) is 5.76 Å². The number of hydrogen-bond donors (Lipinski definition) is 2. The third-order valence-electron chi connectivity index (χ3n) is 1.51. The molecule has 0 saturated heterocycles. The summed E-state index contributed by atoms with van der Waals surface area (Å²) in [7, 11) is 0. The lowest BCUT2D eigenvalue weighted by Gasteiger charge is -2.09. The average molecular weight is 202 g/mol. The number of aliphatic carboxylic acids is 2. The second kappa shape index (κ2) is 6.01. The predicted octanol–water partition coefficient (Wildman–Crippen LogP) is 1.25. The molecular weight excluding hydrogens is 188 g/mol. The zero-order chi connectivity index (χ0) is 11.1. The summed E-state index contributed by atoms with van der Waals surface area (Å²) in [5.41, 5.74) is -0.680. The quantitative estimate of drug-likeness (QED) is 0.293. The van der Waals surface area contributed by atoms with Gasteiger partial charge in [0.05, 0.1) is 6.61 Å². The lowest BCUT2D eigenvalue weighted by molar-refractivity contribution is -0.140. The van der Waals surface area contributed by atoms with E-state index in [1.165, 1.54) is 0 Å². The lowest BCUT2D eigenvalue weighted by Crippen LogP contribution is -2.15. The molecular formula is C9H14O5. The first-order valence-corrected chi connectivity index (χ1v) is 4.37. The van der Waals surface area contributed by atoms with Crippen molar-refractivity contribution in [2.45, 2.75) is 26.7 Å². The van der Waals surface area contributed by atoms with Gasteiger partial charge in [0.25, 0.3) is 0 Å². The molecule has 0 amide bonds. The summed E-state index contributed by atoms with van der Waals surface area (Å²) in [6.07, 6.45) is 0.962. The van der Waals surface area contributed by atoms with E-state index in [9.17, 15) is 9.59 Å². The van der Waals surface area contributed by atoms with E-state index in [0.717, 1.165) is 0 Å². The molecule has 0 fully saturated rings. The number of carbonyl (C=O) groups is 2. The Labute approximate surface area is 82.0 Å². The molecule has 0 unspecified atom stereocenters. The minimum absolute atomic E-state index is 0.0202. The van der Waals surface area contributed by atoms with Crippen LogP contribution in [0.2, 0.25) is 0 Å². The van der Waals surface area contributed by atoms with Gasteiger partial charge in [-0.15, -0.1) is 0 Å². The lowest BCUT2D eigenvalue weighted by atomic mass is 10.2. The Morgan fingerprint density at radius 2 is 1.64 bits per heavy atom. The van der Waals surface area contributed by atoms with Crippen molar-refractivity contribution in [1.82, 2.24) is 0 Å². The van der Waals surface area contributed by atoms with Crippen LogP contribution in [0.15, 0.2) is 11.3 Å². The van der Waals surface area contributed by atoms with Crippen molar-refractivity contribution in [2.75, 3.05) is 6.61 Å². The van der Waals surface area contributed by atoms with E-state index in [0.29, 0.717) is 13.0 Å². The van der Waals surface area contributed by atoms with E-state index < -0.39 is 17.5 Å². The summed E-state index contributed by atoms with van der Waals surface area (Å²) in [5.74, 6) is -2.91. The summed E-state index contributed by atoms with van der Waals surface area (Å²) >= 11 is 0. The fourth-order valence-electron chi connectivity index (χ4n) is 0.906. The smallest absolute Gasteiger partial charge is 0.346 e. The molecule has 0 spiro atoms. The molecule has 5 nitrogen and oxygen atoms in total. The second-order valence-electron chi connectivity index (χ2n) is 2.61. The van der Waals surface area contributed by atoms with E-state index in [1.807, 2.05) is 6.92 Å². The molecule has 0 aliphatic carbocycles. The molecule has 2 N–H and O–H groups in total. The first-order chi connectivity index (χ1) is 6.54. The highest BCUT2D eigenvalue weighted by atomic mass is 16.5. The average Bonchev–Trinajstić information content (AvgIpc) is 2.10. The van der Waals surface area contributed by atoms with Crippen molar-refractivity contribution in [1.29, 1.82) is 0 Å². The zero-order valence-electron chi connectivity index (χ0n) is 8.24. The number of allylic oxidation sites excluding steroid dienone is 1. The number of carboxylic acids is 2. The maximum absolute atomic E-state index is 10.6. The largest absolute Gasteiger partial charge is 0.497 e. The maximum atomic E-state index is 10.6. The highest BCUT2D eigenvalue weighted by molar-refractivity contribution is 6.12. The summed E-state index contributed by atoms with van der Waals surface area (Å²) in [4.78, 5) is 21.2. The molecule has 0 bridgehead atoms. The van der Waals surface area contributed by atoms with E-state index in [4.69, 9.17) is 14.9 Å². The Kier molecular flexibility index (Phi) is 5.36. The summed E-state index contributed by atoms with van der Waals surface area (Å²) in [5, 5.41) is 17.3. The highest BCUT2D eigenvalue weighted by Gasteiger charge is 2.22. The van der Waals surface area contributed by atoms with Crippen LogP contribution in [0.1, 0.15) is 26.7 Å². The van der Waals surface area contributed by atoms with Crippen molar-refractivity contribution in [3.8, 4) is 0 Å². The first kappa shape index (κ1) is 12.5. The van der Waals surface area contributed by atoms with E-state index in [2.05, 4.69) is 0 Å². The summed E-state index contributed by atoms with van der Waals surface area (Å²) in [6, 6.07) is 0. The van der Waals surface area contributed by atoms with Crippen molar-refractivity contribution >= 4 is 11.9 Å². The second-order valence-corrected chi connectivity index (χ2v) is 2.61. The van der Waals surface area contributed by atoms with Crippen LogP contribution in [0.25, 0.3) is 0 Å². The van der Waals surface area contributed by atoms with Crippen molar-refractivity contribution in [3.63, 3.8) is 0 Å². The molecule has 5 heteroatoms. The van der Waals surface area contributed by atoms with Crippen LogP contribution in [0.4, 0.5) is 0 Å². The molecule has 0 aromatic carbocycles. The number of ether oxygens (including phenoxy) is 1. The van der Waals surface area contributed by atoms with Crippen LogP contribution < -0.4 is 0 Å². The minimum Gasteiger partial charge on any atom is -0.497 e. The minimum atomic E-state index is -1.47. The van der Waals surface area contributed by atoms with Gasteiger partial charge in [-0.2, -0.15) is 0 Å². The number of hydrogen-bond acceptors (Lipinski definition) is 3. The Hall–Kier alpha value is -1.52. The molecule has 0 aliphatic rings. The van der Waals surface area contributed by atoms with Crippen LogP contribution >= 0.6 is 0 Å². The van der Waals surface area contributed by atoms with Gasteiger partial charge in [0.15, 0.2) is 5.57 Å². The van der Waals surface area contributed by atoms with E-state index in [1.54, 1.807) is 6.92 Å². The molecule has 0 rings (SSSR count). The molecule has 0 heterocycles. The van der Waals surface area contributed by atoms with Gasteiger partial charge in [-0.05, 0) is 6.42 Å². The zero-order valence-corrected chi connectivity index (χ0v) is 8.24. The van der Waals surface area contributed by atoms with Crippen LogP contribution in [-0.4, -0.2) is 28.8 Å². The van der Waals surface area contributed by atoms with Crippen LogP contribution in [0.3, 0.4) is 0 Å². The monoisotopic (exact) mass is 202 g/mol. The first-order valence-electron chi connectivity index (χ1n) is 4.37. The van der Waals surface area contributed by atoms with Gasteiger partial charge in [0.2, 0.25) is 0 Å². The molecule has 14 heavy (non-hydrogen) atoms. The van der Waals surface area contributed by atoms with Gasteiger partial charge in [-0.3, -0.25) is 0 Å². The fourth-order valence-corrected chi connectivity index (χ4v) is 0.906. The molecule has 0 aromatic heterocycles. The van der Waals surface area contributed by atoms with Gasteiger partial charge < -0.3 is 14.9 Å². The Morgan fingerprint density at radius 3 is 1.93 bits per heavy atom. The molecule has 0 atom stereocenters. The van der Waals surface area contributed by atoms with Gasteiger partial charge in [-0.1, -0.05) is 13.8 Å². The van der Waals surface area contributed by atoms with Crippen molar-refractivity contribution in [2.24, 2.45) is 0 Å². The number of carboxylic acid groups (broad SMARTS) is 2. The third-order valence-corrected chi connectivity index (χ3v) is 1.51. The Morgan fingerprint density at radius 1 is 1.14 bits per heavy atom. The van der Waals surface area contributed by atoms with Gasteiger partial charge in [-0.25, -0.2) is 9.59 Å². The SMILES string of the molecule is CCCOC(CC)=C(C(=O)O)C(=O)O. The van der Waals surface area contributed by atoms with Crippen LogP contribution in [0, 0.1) is 0 Å². The van der Waals surface area contributed by atoms with E-state index in [-0.39, 0.29) is 12.2 Å². The third kappa shape index (κ3) is 3.47. The van der Waals surface area contributed by atoms with E-state index >= 15 is 0 Å². The molecule has 0 aromatic rings. The van der Waals surface area contributed by atoms with Gasteiger partial charge >= 0.3 is 11.9 Å². The normalized spacial score (nSPS) is 9.29. The Balaban J connectivity index is 4.89.